The fourth-order valence-corrected chi connectivity index (χ4v) is 5.41. The minimum atomic E-state index is -4.99. The van der Waals surface area contributed by atoms with E-state index in [0.29, 0.717) is 37.4 Å². The second-order valence-electron chi connectivity index (χ2n) is 8.71. The van der Waals surface area contributed by atoms with Gasteiger partial charge in [-0.05, 0) is 50.0 Å². The van der Waals surface area contributed by atoms with Gasteiger partial charge >= 0.3 is 16.2 Å². The van der Waals surface area contributed by atoms with E-state index in [9.17, 15) is 35.6 Å². The van der Waals surface area contributed by atoms with Crippen molar-refractivity contribution in [1.82, 2.24) is 15.5 Å². The minimum absolute atomic E-state index is 0.120. The summed E-state index contributed by atoms with van der Waals surface area (Å²) < 4.78 is 85.0. The summed E-state index contributed by atoms with van der Waals surface area (Å²) in [7, 11) is -4.99. The molecule has 3 N–H and O–H groups in total. The van der Waals surface area contributed by atoms with Gasteiger partial charge in [0.25, 0.3) is 5.91 Å². The number of piperidine rings is 1. The summed E-state index contributed by atoms with van der Waals surface area (Å²) in [4.78, 5) is 25.6. The molecule has 0 spiro atoms. The molecular weight excluding hydrogens is 520 g/mol. The molecule has 1 unspecified atom stereocenters. The standard InChI is InChI=1S/C23H24F4N4O5S/c24-16-2-1-14(22(32)30-15-10-17(25)21(27)18(26)11-15)9-20(16)37(34,35)36-23(33)31-8-7-29-12-19(31)13-3-5-28-6-4-13/h1-2,9-11,13,19,28-29H,3-8,12H2,(H,30,32). The second kappa shape index (κ2) is 11.0. The van der Waals surface area contributed by atoms with Crippen LogP contribution in [0.4, 0.5) is 28.0 Å². The first-order valence-electron chi connectivity index (χ1n) is 11.5. The maximum atomic E-state index is 14.5. The van der Waals surface area contributed by atoms with Crippen molar-refractivity contribution in [2.75, 3.05) is 38.0 Å². The number of halogens is 4. The number of anilines is 1. The Morgan fingerprint density at radius 2 is 1.62 bits per heavy atom. The molecule has 2 amide bonds. The summed E-state index contributed by atoms with van der Waals surface area (Å²) in [5, 5.41) is 8.47. The molecule has 2 aliphatic heterocycles. The Labute approximate surface area is 210 Å². The van der Waals surface area contributed by atoms with Crippen molar-refractivity contribution >= 4 is 27.8 Å². The highest BCUT2D eigenvalue weighted by atomic mass is 32.2. The number of amides is 2. The van der Waals surface area contributed by atoms with Crippen LogP contribution in [0.1, 0.15) is 23.2 Å². The lowest BCUT2D eigenvalue weighted by Crippen LogP contribution is -2.58. The third kappa shape index (κ3) is 6.02. The Balaban J connectivity index is 1.52. The van der Waals surface area contributed by atoms with Gasteiger partial charge in [-0.2, -0.15) is 8.42 Å². The molecule has 0 aromatic heterocycles. The van der Waals surface area contributed by atoms with Crippen LogP contribution in [0.5, 0.6) is 0 Å². The van der Waals surface area contributed by atoms with Crippen LogP contribution in [0.15, 0.2) is 35.2 Å². The zero-order valence-corrected chi connectivity index (χ0v) is 20.2. The maximum Gasteiger partial charge on any atom is 0.426 e. The summed E-state index contributed by atoms with van der Waals surface area (Å²) in [6, 6.07) is 2.95. The molecule has 4 rings (SSSR count). The van der Waals surface area contributed by atoms with Crippen LogP contribution >= 0.6 is 0 Å². The summed E-state index contributed by atoms with van der Waals surface area (Å²) >= 11 is 0. The molecule has 2 aromatic carbocycles. The molecule has 2 fully saturated rings. The molecule has 37 heavy (non-hydrogen) atoms. The van der Waals surface area contributed by atoms with E-state index in [1.165, 1.54) is 4.90 Å². The minimum Gasteiger partial charge on any atom is -0.324 e. The van der Waals surface area contributed by atoms with Crippen LogP contribution < -0.4 is 16.0 Å². The Morgan fingerprint density at radius 1 is 0.946 bits per heavy atom. The molecule has 2 heterocycles. The SMILES string of the molecule is O=C(Nc1cc(F)c(F)c(F)c1)c1ccc(F)c(S(=O)(=O)OC(=O)N2CCNCC2C2CCNCC2)c1. The predicted octanol–water partition coefficient (Wildman–Crippen LogP) is 2.59. The van der Waals surface area contributed by atoms with E-state index in [2.05, 4.69) is 16.0 Å². The molecule has 14 heteroatoms. The van der Waals surface area contributed by atoms with Gasteiger partial charge in [-0.3, -0.25) is 4.79 Å². The van der Waals surface area contributed by atoms with Gasteiger partial charge in [0.2, 0.25) is 0 Å². The lowest BCUT2D eigenvalue weighted by molar-refractivity contribution is 0.0873. The van der Waals surface area contributed by atoms with E-state index in [-0.39, 0.29) is 18.5 Å². The van der Waals surface area contributed by atoms with Crippen LogP contribution in [0.3, 0.4) is 0 Å². The van der Waals surface area contributed by atoms with Crippen molar-refractivity contribution in [3.63, 3.8) is 0 Å². The van der Waals surface area contributed by atoms with E-state index in [4.69, 9.17) is 4.18 Å². The molecule has 0 bridgehead atoms. The third-order valence-corrected chi connectivity index (χ3v) is 7.54. The van der Waals surface area contributed by atoms with Gasteiger partial charge in [-0.25, -0.2) is 22.4 Å². The summed E-state index contributed by atoms with van der Waals surface area (Å²) in [6.45, 7) is 2.59. The largest absolute Gasteiger partial charge is 0.426 e. The number of nitrogens with one attached hydrogen (secondary N) is 3. The fourth-order valence-electron chi connectivity index (χ4n) is 4.46. The lowest BCUT2D eigenvalue weighted by Gasteiger charge is -2.41. The first-order valence-corrected chi connectivity index (χ1v) is 12.9. The molecule has 2 saturated heterocycles. The van der Waals surface area contributed by atoms with E-state index < -0.39 is 61.5 Å². The van der Waals surface area contributed by atoms with Crippen LogP contribution in [0, 0.1) is 29.2 Å². The molecule has 200 valence electrons. The summed E-state index contributed by atoms with van der Waals surface area (Å²) in [6.07, 6.45) is 0.420. The number of hydrogen-bond donors (Lipinski definition) is 3. The van der Waals surface area contributed by atoms with Gasteiger partial charge in [-0.15, -0.1) is 0 Å². The van der Waals surface area contributed by atoms with E-state index in [1.54, 1.807) is 0 Å². The first kappa shape index (κ1) is 26.8. The monoisotopic (exact) mass is 544 g/mol. The number of carbonyl (C=O) groups is 2. The zero-order chi connectivity index (χ0) is 26.7. The highest BCUT2D eigenvalue weighted by Gasteiger charge is 2.37. The number of rotatable bonds is 5. The zero-order valence-electron chi connectivity index (χ0n) is 19.4. The van der Waals surface area contributed by atoms with Gasteiger partial charge in [0.15, 0.2) is 17.5 Å². The van der Waals surface area contributed by atoms with Crippen LogP contribution in [-0.4, -0.2) is 64.1 Å². The fraction of sp³-hybridized carbons (Fsp3) is 0.391. The summed E-state index contributed by atoms with van der Waals surface area (Å²) in [5.41, 5.74) is -0.875. The molecule has 0 radical (unpaired) electrons. The van der Waals surface area contributed by atoms with Crippen LogP contribution in [0.2, 0.25) is 0 Å². The quantitative estimate of drug-likeness (QED) is 0.301. The van der Waals surface area contributed by atoms with E-state index in [1.807, 2.05) is 0 Å². The number of piperazine rings is 1. The molecule has 1 atom stereocenters. The lowest BCUT2D eigenvalue weighted by atomic mass is 9.88. The topological polar surface area (TPSA) is 117 Å². The van der Waals surface area contributed by atoms with Crippen molar-refractivity contribution in [3.05, 3.63) is 59.2 Å². The molecule has 0 saturated carbocycles. The first-order chi connectivity index (χ1) is 17.6. The molecule has 9 nitrogen and oxygen atoms in total. The van der Waals surface area contributed by atoms with Crippen molar-refractivity contribution in [3.8, 4) is 0 Å². The number of benzene rings is 2. The molecule has 2 aliphatic rings. The average molecular weight is 545 g/mol. The second-order valence-corrected chi connectivity index (χ2v) is 10.2. The van der Waals surface area contributed by atoms with Crippen LogP contribution in [0.25, 0.3) is 0 Å². The Morgan fingerprint density at radius 3 is 2.30 bits per heavy atom. The van der Waals surface area contributed by atoms with E-state index in [0.717, 1.165) is 32.0 Å². The van der Waals surface area contributed by atoms with Crippen molar-refractivity contribution in [2.45, 2.75) is 23.8 Å². The normalized spacial score (nSPS) is 18.9. The Bertz CT molecular complexity index is 1280. The average Bonchev–Trinajstić information content (AvgIpc) is 2.87. The van der Waals surface area contributed by atoms with Crippen LogP contribution in [-0.2, 0) is 14.3 Å². The van der Waals surface area contributed by atoms with Gasteiger partial charge in [-0.1, -0.05) is 0 Å². The maximum absolute atomic E-state index is 14.5. The number of hydrogen-bond acceptors (Lipinski definition) is 7. The van der Waals surface area contributed by atoms with Gasteiger partial charge in [0, 0.05) is 43.0 Å². The van der Waals surface area contributed by atoms with Crippen molar-refractivity contribution in [1.29, 1.82) is 0 Å². The third-order valence-electron chi connectivity index (χ3n) is 6.33. The van der Waals surface area contributed by atoms with Gasteiger partial charge < -0.3 is 25.0 Å². The number of carbonyl (C=O) groups excluding carboxylic acids is 2. The van der Waals surface area contributed by atoms with Crippen molar-refractivity contribution < 1.29 is 39.8 Å². The Kier molecular flexibility index (Phi) is 7.99. The van der Waals surface area contributed by atoms with Crippen molar-refractivity contribution in [2.24, 2.45) is 5.92 Å². The van der Waals surface area contributed by atoms with Gasteiger partial charge in [0.05, 0.1) is 6.04 Å². The number of nitrogens with zero attached hydrogens (tertiary/aromatic N) is 1. The molecule has 0 aliphatic carbocycles. The van der Waals surface area contributed by atoms with E-state index >= 15 is 0 Å². The van der Waals surface area contributed by atoms with Gasteiger partial charge in [0.1, 0.15) is 10.7 Å². The predicted molar refractivity (Wildman–Crippen MR) is 123 cm³/mol. The highest BCUT2D eigenvalue weighted by molar-refractivity contribution is 7.87. The Hall–Kier alpha value is -3.23. The smallest absolute Gasteiger partial charge is 0.324 e. The molecular formula is C23H24F4N4O5S. The molecule has 2 aromatic rings. The summed E-state index contributed by atoms with van der Waals surface area (Å²) in [5.74, 6) is -7.07. The highest BCUT2D eigenvalue weighted by Crippen LogP contribution is 2.26.